The highest BCUT2D eigenvalue weighted by Gasteiger charge is 2.18. The molecule has 0 spiro atoms. The third kappa shape index (κ3) is 4.44. The molecule has 5 nitrogen and oxygen atoms in total. The maximum Gasteiger partial charge on any atom is 0.317 e. The minimum atomic E-state index is 0.00441. The Morgan fingerprint density at radius 1 is 1.21 bits per heavy atom. The predicted molar refractivity (Wildman–Crippen MR) is 74.4 cm³/mol. The van der Waals surface area contributed by atoms with Gasteiger partial charge in [-0.2, -0.15) is 0 Å². The van der Waals surface area contributed by atoms with Gasteiger partial charge in [-0.15, -0.1) is 0 Å². The molecular weight excluding hydrogens is 242 g/mol. The Labute approximate surface area is 114 Å². The molecule has 0 aliphatic carbocycles. The fourth-order valence-electron chi connectivity index (χ4n) is 1.96. The summed E-state index contributed by atoms with van der Waals surface area (Å²) in [4.78, 5) is 15.9. The van der Waals surface area contributed by atoms with Crippen molar-refractivity contribution >= 4 is 6.03 Å². The van der Waals surface area contributed by atoms with Crippen molar-refractivity contribution in [3.8, 4) is 5.75 Å². The Balaban J connectivity index is 1.61. The number of carbonyl (C=O) groups excluding carboxylic acids is 1. The fraction of sp³-hybridized carbons (Fsp3) is 0.500. The van der Waals surface area contributed by atoms with E-state index in [4.69, 9.17) is 4.74 Å². The molecule has 1 aliphatic rings. The van der Waals surface area contributed by atoms with E-state index < -0.39 is 0 Å². The zero-order valence-electron chi connectivity index (χ0n) is 11.3. The SMILES string of the molecule is CN1CCN(C(=O)NCCOc2ccccc2)CC1. The van der Waals surface area contributed by atoms with E-state index in [0.29, 0.717) is 13.2 Å². The van der Waals surface area contributed by atoms with E-state index in [0.717, 1.165) is 31.9 Å². The average molecular weight is 263 g/mol. The van der Waals surface area contributed by atoms with E-state index in [2.05, 4.69) is 17.3 Å². The number of hydrogen-bond acceptors (Lipinski definition) is 3. The second kappa shape index (κ2) is 6.99. The van der Waals surface area contributed by atoms with E-state index in [1.165, 1.54) is 0 Å². The predicted octanol–water partition coefficient (Wildman–Crippen LogP) is 1.02. The van der Waals surface area contributed by atoms with Crippen LogP contribution >= 0.6 is 0 Å². The van der Waals surface area contributed by atoms with Crippen molar-refractivity contribution in [3.63, 3.8) is 0 Å². The lowest BCUT2D eigenvalue weighted by molar-refractivity contribution is 0.153. The van der Waals surface area contributed by atoms with Gasteiger partial charge in [0.15, 0.2) is 0 Å². The molecule has 2 amide bonds. The minimum absolute atomic E-state index is 0.00441. The molecule has 0 atom stereocenters. The molecule has 1 fully saturated rings. The van der Waals surface area contributed by atoms with Crippen LogP contribution in [0.5, 0.6) is 5.75 Å². The number of likely N-dealkylation sites (N-methyl/N-ethyl adjacent to an activating group) is 1. The summed E-state index contributed by atoms with van der Waals surface area (Å²) in [5, 5.41) is 2.88. The third-order valence-corrected chi connectivity index (χ3v) is 3.18. The van der Waals surface area contributed by atoms with E-state index in [9.17, 15) is 4.79 Å². The van der Waals surface area contributed by atoms with Gasteiger partial charge in [0, 0.05) is 26.2 Å². The normalized spacial score (nSPS) is 16.2. The maximum atomic E-state index is 11.9. The molecule has 19 heavy (non-hydrogen) atoms. The fourth-order valence-corrected chi connectivity index (χ4v) is 1.96. The first-order valence-electron chi connectivity index (χ1n) is 6.65. The Morgan fingerprint density at radius 2 is 1.89 bits per heavy atom. The van der Waals surface area contributed by atoms with E-state index in [-0.39, 0.29) is 6.03 Å². The molecule has 2 rings (SSSR count). The van der Waals surface area contributed by atoms with Gasteiger partial charge in [0.2, 0.25) is 0 Å². The van der Waals surface area contributed by atoms with Crippen molar-refractivity contribution in [1.82, 2.24) is 15.1 Å². The molecule has 5 heteroatoms. The number of amides is 2. The van der Waals surface area contributed by atoms with Gasteiger partial charge in [0.05, 0.1) is 6.54 Å². The molecule has 1 saturated heterocycles. The Bertz CT molecular complexity index is 389. The first kappa shape index (κ1) is 13.7. The summed E-state index contributed by atoms with van der Waals surface area (Å²) >= 11 is 0. The van der Waals surface area contributed by atoms with Gasteiger partial charge in [0.25, 0.3) is 0 Å². The average Bonchev–Trinajstić information content (AvgIpc) is 2.45. The van der Waals surface area contributed by atoms with E-state index in [1.807, 2.05) is 35.2 Å². The number of hydrogen-bond donors (Lipinski definition) is 1. The van der Waals surface area contributed by atoms with Gasteiger partial charge in [-0.25, -0.2) is 4.79 Å². The molecule has 104 valence electrons. The molecule has 1 aliphatic heterocycles. The monoisotopic (exact) mass is 263 g/mol. The lowest BCUT2D eigenvalue weighted by Gasteiger charge is -2.32. The number of para-hydroxylation sites is 1. The number of nitrogens with zero attached hydrogens (tertiary/aromatic N) is 2. The van der Waals surface area contributed by atoms with Crippen LogP contribution in [0.25, 0.3) is 0 Å². The van der Waals surface area contributed by atoms with E-state index >= 15 is 0 Å². The summed E-state index contributed by atoms with van der Waals surface area (Å²) in [6.45, 7) is 4.48. The largest absolute Gasteiger partial charge is 0.492 e. The van der Waals surface area contributed by atoms with Crippen LogP contribution in [-0.2, 0) is 0 Å². The summed E-state index contributed by atoms with van der Waals surface area (Å²) in [6.07, 6.45) is 0. The highest BCUT2D eigenvalue weighted by Crippen LogP contribution is 2.07. The first-order valence-corrected chi connectivity index (χ1v) is 6.65. The van der Waals surface area contributed by atoms with Crippen molar-refractivity contribution in [2.45, 2.75) is 0 Å². The summed E-state index contributed by atoms with van der Waals surface area (Å²) in [7, 11) is 2.07. The quantitative estimate of drug-likeness (QED) is 0.825. The number of rotatable bonds is 4. The highest BCUT2D eigenvalue weighted by molar-refractivity contribution is 5.74. The third-order valence-electron chi connectivity index (χ3n) is 3.18. The van der Waals surface area contributed by atoms with Crippen molar-refractivity contribution in [1.29, 1.82) is 0 Å². The topological polar surface area (TPSA) is 44.8 Å². The minimum Gasteiger partial charge on any atom is -0.492 e. The van der Waals surface area contributed by atoms with E-state index in [1.54, 1.807) is 0 Å². The number of nitrogens with one attached hydrogen (secondary N) is 1. The highest BCUT2D eigenvalue weighted by atomic mass is 16.5. The molecule has 0 saturated carbocycles. The van der Waals surface area contributed by atoms with Crippen LogP contribution in [0.3, 0.4) is 0 Å². The number of piperazine rings is 1. The molecule has 0 radical (unpaired) electrons. The van der Waals surface area contributed by atoms with Gasteiger partial charge in [0.1, 0.15) is 12.4 Å². The van der Waals surface area contributed by atoms with Crippen molar-refractivity contribution in [2.75, 3.05) is 46.4 Å². The Morgan fingerprint density at radius 3 is 2.58 bits per heavy atom. The summed E-state index contributed by atoms with van der Waals surface area (Å²) in [5.74, 6) is 0.830. The standard InChI is InChI=1S/C14H21N3O2/c1-16-8-10-17(11-9-16)14(18)15-7-12-19-13-5-3-2-4-6-13/h2-6H,7-12H2,1H3,(H,15,18). The molecule has 0 unspecified atom stereocenters. The molecule has 1 aromatic rings. The van der Waals surface area contributed by atoms with Crippen LogP contribution < -0.4 is 10.1 Å². The number of carbonyl (C=O) groups is 1. The second-order valence-corrected chi connectivity index (χ2v) is 4.68. The zero-order chi connectivity index (χ0) is 13.5. The van der Waals surface area contributed by atoms with Crippen molar-refractivity contribution in [3.05, 3.63) is 30.3 Å². The number of ether oxygens (including phenoxy) is 1. The molecule has 0 bridgehead atoms. The molecule has 1 N–H and O–H groups in total. The van der Waals surface area contributed by atoms with Crippen LogP contribution in [0.1, 0.15) is 0 Å². The maximum absolute atomic E-state index is 11.9. The molecular formula is C14H21N3O2. The molecule has 1 aromatic carbocycles. The van der Waals surface area contributed by atoms with Crippen LogP contribution in [0.2, 0.25) is 0 Å². The smallest absolute Gasteiger partial charge is 0.317 e. The van der Waals surface area contributed by atoms with Crippen LogP contribution in [0.4, 0.5) is 4.79 Å². The first-order chi connectivity index (χ1) is 9.25. The van der Waals surface area contributed by atoms with Crippen molar-refractivity contribution in [2.24, 2.45) is 0 Å². The van der Waals surface area contributed by atoms with Gasteiger partial charge in [-0.3, -0.25) is 0 Å². The summed E-state index contributed by atoms with van der Waals surface area (Å²) < 4.78 is 5.52. The Kier molecular flexibility index (Phi) is 5.03. The van der Waals surface area contributed by atoms with Crippen LogP contribution in [-0.4, -0.2) is 62.2 Å². The zero-order valence-corrected chi connectivity index (χ0v) is 11.3. The van der Waals surface area contributed by atoms with Gasteiger partial charge in [-0.05, 0) is 19.2 Å². The van der Waals surface area contributed by atoms with Gasteiger partial charge in [-0.1, -0.05) is 18.2 Å². The summed E-state index contributed by atoms with van der Waals surface area (Å²) in [6, 6.07) is 9.62. The van der Waals surface area contributed by atoms with Gasteiger partial charge >= 0.3 is 6.03 Å². The number of urea groups is 1. The number of benzene rings is 1. The van der Waals surface area contributed by atoms with Crippen molar-refractivity contribution < 1.29 is 9.53 Å². The summed E-state index contributed by atoms with van der Waals surface area (Å²) in [5.41, 5.74) is 0. The van der Waals surface area contributed by atoms with Crippen LogP contribution in [0, 0.1) is 0 Å². The lowest BCUT2D eigenvalue weighted by Crippen LogP contribution is -2.51. The van der Waals surface area contributed by atoms with Crippen LogP contribution in [0.15, 0.2) is 30.3 Å². The Hall–Kier alpha value is -1.75. The lowest BCUT2D eigenvalue weighted by atomic mass is 10.3. The van der Waals surface area contributed by atoms with Gasteiger partial charge < -0.3 is 19.9 Å². The molecule has 0 aromatic heterocycles. The molecule has 1 heterocycles. The second-order valence-electron chi connectivity index (χ2n) is 4.68.